The molecule has 0 atom stereocenters. The summed E-state index contributed by atoms with van der Waals surface area (Å²) < 4.78 is 0. The van der Waals surface area contributed by atoms with Crippen molar-refractivity contribution in [3.8, 4) is 0 Å². The number of rotatable bonds is 7. The van der Waals surface area contributed by atoms with Crippen LogP contribution in [0.25, 0.3) is 0 Å². The molecule has 21 heavy (non-hydrogen) atoms. The van der Waals surface area contributed by atoms with E-state index in [1.54, 1.807) is 4.90 Å². The Labute approximate surface area is 125 Å². The molecule has 0 spiro atoms. The third-order valence-corrected chi connectivity index (χ3v) is 4.75. The van der Waals surface area contributed by atoms with Gasteiger partial charge in [-0.15, -0.1) is 0 Å². The van der Waals surface area contributed by atoms with Gasteiger partial charge in [-0.05, 0) is 31.6 Å². The van der Waals surface area contributed by atoms with Crippen LogP contribution in [0, 0.1) is 11.3 Å². The summed E-state index contributed by atoms with van der Waals surface area (Å²) in [4.78, 5) is 36.4. The first-order valence-corrected chi connectivity index (χ1v) is 7.64. The van der Waals surface area contributed by atoms with Gasteiger partial charge in [0.15, 0.2) is 0 Å². The van der Waals surface area contributed by atoms with E-state index in [1.165, 1.54) is 0 Å². The number of hydrogen-bond acceptors (Lipinski definition) is 3. The van der Waals surface area contributed by atoms with E-state index in [0.29, 0.717) is 32.4 Å². The lowest BCUT2D eigenvalue weighted by Crippen LogP contribution is -2.43. The number of piperidine rings is 1. The minimum absolute atomic E-state index is 0.0514. The summed E-state index contributed by atoms with van der Waals surface area (Å²) in [6, 6.07) is 0. The summed E-state index contributed by atoms with van der Waals surface area (Å²) in [6.07, 6.45) is 2.83. The second-order valence-corrected chi connectivity index (χ2v) is 5.96. The van der Waals surface area contributed by atoms with E-state index in [1.807, 2.05) is 13.8 Å². The highest BCUT2D eigenvalue weighted by Crippen LogP contribution is 2.32. The molecule has 0 radical (unpaired) electrons. The standard InChI is InChI=1S/C15H26N2O4/c1-3-15(4-2,14(20)21)10-13(19)17-7-5-11(6-8-17)9-12(16)18/h11H,3-10H2,1-2H3,(H2,16,18)(H,20,21). The highest BCUT2D eigenvalue weighted by atomic mass is 16.4. The average Bonchev–Trinajstić information content (AvgIpc) is 2.44. The second-order valence-electron chi connectivity index (χ2n) is 5.96. The molecule has 1 heterocycles. The third kappa shape index (κ3) is 4.44. The molecule has 0 unspecified atom stereocenters. The predicted molar refractivity (Wildman–Crippen MR) is 78.4 cm³/mol. The minimum Gasteiger partial charge on any atom is -0.481 e. The Balaban J connectivity index is 2.57. The molecule has 1 aliphatic heterocycles. The molecule has 0 aliphatic carbocycles. The van der Waals surface area contributed by atoms with Gasteiger partial charge >= 0.3 is 5.97 Å². The van der Waals surface area contributed by atoms with Crippen molar-refractivity contribution in [1.82, 2.24) is 4.90 Å². The number of nitrogens with zero attached hydrogens (tertiary/aromatic N) is 1. The SMILES string of the molecule is CCC(CC)(CC(=O)N1CCC(CC(N)=O)CC1)C(=O)O. The highest BCUT2D eigenvalue weighted by Gasteiger charge is 2.38. The molecular formula is C15H26N2O4. The Morgan fingerprint density at radius 3 is 2.10 bits per heavy atom. The Bertz CT molecular complexity index is 396. The normalized spacial score (nSPS) is 16.8. The number of carboxylic acid groups (broad SMARTS) is 1. The van der Waals surface area contributed by atoms with E-state index >= 15 is 0 Å². The molecule has 6 nitrogen and oxygen atoms in total. The molecule has 1 fully saturated rings. The van der Waals surface area contributed by atoms with Gasteiger partial charge in [0, 0.05) is 25.9 Å². The molecule has 120 valence electrons. The number of nitrogens with two attached hydrogens (primary N) is 1. The number of hydrogen-bond donors (Lipinski definition) is 2. The Kier molecular flexibility index (Phi) is 6.18. The van der Waals surface area contributed by atoms with Crippen LogP contribution in [0.3, 0.4) is 0 Å². The Morgan fingerprint density at radius 2 is 1.71 bits per heavy atom. The summed E-state index contributed by atoms with van der Waals surface area (Å²) in [7, 11) is 0. The van der Waals surface area contributed by atoms with Crippen LogP contribution in [0.4, 0.5) is 0 Å². The second kappa shape index (κ2) is 7.43. The van der Waals surface area contributed by atoms with Crippen molar-refractivity contribution in [3.05, 3.63) is 0 Å². The highest BCUT2D eigenvalue weighted by molar-refractivity contribution is 5.85. The number of carbonyl (C=O) groups is 3. The third-order valence-electron chi connectivity index (χ3n) is 4.75. The summed E-state index contributed by atoms with van der Waals surface area (Å²) in [5.41, 5.74) is 4.23. The number of carboxylic acids is 1. The molecule has 0 aromatic carbocycles. The lowest BCUT2D eigenvalue weighted by Gasteiger charge is -2.34. The number of aliphatic carboxylic acids is 1. The van der Waals surface area contributed by atoms with Gasteiger partial charge in [0.05, 0.1) is 5.41 Å². The molecule has 3 N–H and O–H groups in total. The number of amides is 2. The monoisotopic (exact) mass is 298 g/mol. The van der Waals surface area contributed by atoms with Gasteiger partial charge in [0.25, 0.3) is 0 Å². The van der Waals surface area contributed by atoms with Crippen molar-refractivity contribution >= 4 is 17.8 Å². The number of primary amides is 1. The fourth-order valence-electron chi connectivity index (χ4n) is 2.95. The number of carbonyl (C=O) groups excluding carboxylic acids is 2. The van der Waals surface area contributed by atoms with E-state index in [4.69, 9.17) is 5.73 Å². The topological polar surface area (TPSA) is 101 Å². The zero-order valence-corrected chi connectivity index (χ0v) is 12.9. The maximum absolute atomic E-state index is 12.3. The van der Waals surface area contributed by atoms with E-state index in [9.17, 15) is 19.5 Å². The smallest absolute Gasteiger partial charge is 0.310 e. The maximum Gasteiger partial charge on any atom is 0.310 e. The molecule has 1 saturated heterocycles. The van der Waals surface area contributed by atoms with Crippen LogP contribution in [-0.2, 0) is 14.4 Å². The zero-order valence-electron chi connectivity index (χ0n) is 12.9. The van der Waals surface area contributed by atoms with Gasteiger partial charge in [-0.25, -0.2) is 0 Å². The Morgan fingerprint density at radius 1 is 1.19 bits per heavy atom. The van der Waals surface area contributed by atoms with Crippen LogP contribution in [0.1, 0.15) is 52.4 Å². The number of likely N-dealkylation sites (tertiary alicyclic amines) is 1. The predicted octanol–water partition coefficient (Wildman–Crippen LogP) is 1.38. The van der Waals surface area contributed by atoms with Crippen molar-refractivity contribution < 1.29 is 19.5 Å². The lowest BCUT2D eigenvalue weighted by molar-refractivity contribution is -0.154. The van der Waals surface area contributed by atoms with Crippen molar-refractivity contribution in [2.24, 2.45) is 17.1 Å². The van der Waals surface area contributed by atoms with Crippen molar-refractivity contribution in [3.63, 3.8) is 0 Å². The molecule has 6 heteroatoms. The van der Waals surface area contributed by atoms with E-state index in [2.05, 4.69) is 0 Å². The molecule has 0 aromatic rings. The summed E-state index contributed by atoms with van der Waals surface area (Å²) >= 11 is 0. The van der Waals surface area contributed by atoms with Crippen LogP contribution >= 0.6 is 0 Å². The van der Waals surface area contributed by atoms with Crippen LogP contribution in [0.2, 0.25) is 0 Å². The zero-order chi connectivity index (χ0) is 16.0. The molecular weight excluding hydrogens is 272 g/mol. The average molecular weight is 298 g/mol. The summed E-state index contributed by atoms with van der Waals surface area (Å²) in [5.74, 6) is -1.06. The fraction of sp³-hybridized carbons (Fsp3) is 0.800. The van der Waals surface area contributed by atoms with Gasteiger partial charge in [0.1, 0.15) is 0 Å². The molecule has 1 aliphatic rings. The quantitative estimate of drug-likeness (QED) is 0.741. The summed E-state index contributed by atoms with van der Waals surface area (Å²) in [5, 5.41) is 9.39. The van der Waals surface area contributed by atoms with Crippen molar-refractivity contribution in [1.29, 1.82) is 0 Å². The van der Waals surface area contributed by atoms with Gasteiger partial charge in [-0.1, -0.05) is 13.8 Å². The lowest BCUT2D eigenvalue weighted by atomic mass is 9.78. The Hall–Kier alpha value is -1.59. The van der Waals surface area contributed by atoms with Crippen LogP contribution in [-0.4, -0.2) is 40.9 Å². The fourth-order valence-corrected chi connectivity index (χ4v) is 2.95. The summed E-state index contributed by atoms with van der Waals surface area (Å²) in [6.45, 7) is 4.79. The van der Waals surface area contributed by atoms with Crippen molar-refractivity contribution in [2.75, 3.05) is 13.1 Å². The van der Waals surface area contributed by atoms with E-state index in [0.717, 1.165) is 12.8 Å². The maximum atomic E-state index is 12.3. The van der Waals surface area contributed by atoms with E-state index < -0.39 is 11.4 Å². The largest absolute Gasteiger partial charge is 0.481 e. The van der Waals surface area contributed by atoms with Gasteiger partial charge in [-0.2, -0.15) is 0 Å². The first-order chi connectivity index (χ1) is 9.84. The molecule has 2 amide bonds. The molecule has 0 aromatic heterocycles. The minimum atomic E-state index is -0.957. The van der Waals surface area contributed by atoms with Gasteiger partial charge < -0.3 is 15.7 Å². The first-order valence-electron chi connectivity index (χ1n) is 7.64. The molecule has 0 saturated carbocycles. The molecule has 0 bridgehead atoms. The van der Waals surface area contributed by atoms with Crippen LogP contribution in [0.5, 0.6) is 0 Å². The van der Waals surface area contributed by atoms with Crippen molar-refractivity contribution in [2.45, 2.75) is 52.4 Å². The first kappa shape index (κ1) is 17.5. The van der Waals surface area contributed by atoms with E-state index in [-0.39, 0.29) is 24.2 Å². The van der Waals surface area contributed by atoms with Crippen LogP contribution in [0.15, 0.2) is 0 Å². The molecule has 1 rings (SSSR count). The van der Waals surface area contributed by atoms with Crippen LogP contribution < -0.4 is 5.73 Å². The van der Waals surface area contributed by atoms with Gasteiger partial charge in [0.2, 0.25) is 11.8 Å². The van der Waals surface area contributed by atoms with Gasteiger partial charge in [-0.3, -0.25) is 14.4 Å².